The predicted molar refractivity (Wildman–Crippen MR) is 90.6 cm³/mol. The molecule has 1 heterocycles. The summed E-state index contributed by atoms with van der Waals surface area (Å²) < 4.78 is 8.24. The van der Waals surface area contributed by atoms with Gasteiger partial charge in [-0.05, 0) is 24.3 Å². The molecular weight excluding hydrogens is 360 g/mol. The summed E-state index contributed by atoms with van der Waals surface area (Å²) >= 11 is 3.54. The van der Waals surface area contributed by atoms with Crippen LogP contribution in [0, 0.1) is 10.1 Å². The second-order valence-corrected chi connectivity index (χ2v) is 5.97. The van der Waals surface area contributed by atoms with Crippen LogP contribution in [0.5, 0.6) is 5.75 Å². The van der Waals surface area contributed by atoms with Crippen LogP contribution in [0.15, 0.2) is 59.3 Å². The van der Waals surface area contributed by atoms with Gasteiger partial charge < -0.3 is 4.74 Å². The number of halogens is 1. The summed E-state index contributed by atoms with van der Waals surface area (Å²) in [4.78, 5) is 10.7. The molecule has 3 rings (SSSR count). The van der Waals surface area contributed by atoms with E-state index in [2.05, 4.69) is 15.9 Å². The average Bonchev–Trinajstić information content (AvgIpc) is 2.56. The van der Waals surface area contributed by atoms with Gasteiger partial charge in [0.2, 0.25) is 0 Å². The summed E-state index contributed by atoms with van der Waals surface area (Å²) in [6, 6.07) is 12.7. The molecule has 0 aliphatic carbocycles. The lowest BCUT2D eigenvalue weighted by molar-refractivity contribution is -0.687. The molecule has 2 aromatic carbocycles. The normalized spacial score (nSPS) is 10.7. The molecule has 0 spiro atoms. The maximum absolute atomic E-state index is 11.1. The highest BCUT2D eigenvalue weighted by Crippen LogP contribution is 2.25. The maximum Gasteiger partial charge on any atom is 0.277 e. The molecule has 0 atom stereocenters. The van der Waals surface area contributed by atoms with Crippen LogP contribution in [-0.2, 0) is 6.54 Å². The van der Waals surface area contributed by atoms with E-state index >= 15 is 0 Å². The second-order valence-electron chi connectivity index (χ2n) is 5.11. The zero-order chi connectivity index (χ0) is 16.4. The Hall–Kier alpha value is -2.47. The molecule has 0 fully saturated rings. The highest BCUT2D eigenvalue weighted by Gasteiger charge is 2.15. The molecule has 0 N–H and O–H groups in total. The summed E-state index contributed by atoms with van der Waals surface area (Å²) in [6.45, 7) is 0.635. The number of benzene rings is 2. The number of pyridine rings is 1. The van der Waals surface area contributed by atoms with E-state index in [1.54, 1.807) is 19.2 Å². The SMILES string of the molecule is COc1ccc(Br)c(C[n+]2ccc3c([N+](=O)[O-])cccc3c2)c1. The molecule has 116 valence electrons. The Morgan fingerprint density at radius 2 is 2.09 bits per heavy atom. The number of hydrogen-bond acceptors (Lipinski definition) is 3. The van der Waals surface area contributed by atoms with Crippen LogP contribution in [0.25, 0.3) is 10.8 Å². The summed E-state index contributed by atoms with van der Waals surface area (Å²) in [7, 11) is 1.63. The Morgan fingerprint density at radius 1 is 1.26 bits per heavy atom. The van der Waals surface area contributed by atoms with Crippen molar-refractivity contribution in [1.82, 2.24) is 0 Å². The van der Waals surface area contributed by atoms with Gasteiger partial charge in [0.05, 0.1) is 22.8 Å². The molecule has 5 nitrogen and oxygen atoms in total. The smallest absolute Gasteiger partial charge is 0.277 e. The van der Waals surface area contributed by atoms with Gasteiger partial charge in [-0.1, -0.05) is 22.0 Å². The van der Waals surface area contributed by atoms with Crippen molar-refractivity contribution in [2.24, 2.45) is 0 Å². The number of hydrogen-bond donors (Lipinski definition) is 0. The van der Waals surface area contributed by atoms with E-state index in [4.69, 9.17) is 4.74 Å². The molecule has 0 unspecified atom stereocenters. The third-order valence-electron chi connectivity index (χ3n) is 3.66. The number of aromatic nitrogens is 1. The lowest BCUT2D eigenvalue weighted by Gasteiger charge is -2.05. The Balaban J connectivity index is 2.00. The Morgan fingerprint density at radius 3 is 2.83 bits per heavy atom. The molecule has 0 bridgehead atoms. The van der Waals surface area contributed by atoms with Crippen LogP contribution in [0.2, 0.25) is 0 Å². The monoisotopic (exact) mass is 373 g/mol. The molecule has 23 heavy (non-hydrogen) atoms. The number of nitrogens with zero attached hydrogens (tertiary/aromatic N) is 2. The first-order valence-electron chi connectivity index (χ1n) is 6.97. The molecule has 0 aliphatic rings. The molecule has 3 aromatic rings. The van der Waals surface area contributed by atoms with E-state index in [1.165, 1.54) is 6.07 Å². The van der Waals surface area contributed by atoms with Gasteiger partial charge in [0.25, 0.3) is 5.69 Å². The van der Waals surface area contributed by atoms with Crippen molar-refractivity contribution in [3.63, 3.8) is 0 Å². The fourth-order valence-electron chi connectivity index (χ4n) is 2.51. The van der Waals surface area contributed by atoms with Crippen LogP contribution in [-0.4, -0.2) is 12.0 Å². The minimum Gasteiger partial charge on any atom is -0.497 e. The highest BCUT2D eigenvalue weighted by atomic mass is 79.9. The van der Waals surface area contributed by atoms with E-state index in [0.29, 0.717) is 11.9 Å². The van der Waals surface area contributed by atoms with Gasteiger partial charge in [-0.15, -0.1) is 0 Å². The number of methoxy groups -OCH3 is 1. The quantitative estimate of drug-likeness (QED) is 0.396. The van der Waals surface area contributed by atoms with Crippen molar-refractivity contribution < 1.29 is 14.2 Å². The summed E-state index contributed by atoms with van der Waals surface area (Å²) in [5.41, 5.74) is 1.19. The van der Waals surface area contributed by atoms with Crippen LogP contribution in [0.3, 0.4) is 0 Å². The number of rotatable bonds is 4. The van der Waals surface area contributed by atoms with Crippen molar-refractivity contribution in [2.75, 3.05) is 7.11 Å². The van der Waals surface area contributed by atoms with E-state index in [1.807, 2.05) is 41.2 Å². The number of nitro groups is 1. The number of ether oxygens (including phenoxy) is 1. The second kappa shape index (κ2) is 6.34. The van der Waals surface area contributed by atoms with Crippen LogP contribution in [0.1, 0.15) is 5.56 Å². The molecule has 6 heteroatoms. The highest BCUT2D eigenvalue weighted by molar-refractivity contribution is 9.10. The number of fused-ring (bicyclic) bond motifs is 1. The third kappa shape index (κ3) is 3.17. The standard InChI is InChI=1S/C17H14BrN2O3/c1-23-14-5-6-16(18)13(9-14)11-19-8-7-15-12(10-19)3-2-4-17(15)20(21)22/h2-10H,11H2,1H3/q+1. The van der Waals surface area contributed by atoms with E-state index in [0.717, 1.165) is 21.2 Å². The summed E-state index contributed by atoms with van der Waals surface area (Å²) in [6.07, 6.45) is 3.76. The lowest BCUT2D eigenvalue weighted by Crippen LogP contribution is -2.33. The molecule has 0 saturated heterocycles. The van der Waals surface area contributed by atoms with Gasteiger partial charge in [-0.2, -0.15) is 0 Å². The number of non-ortho nitro benzene ring substituents is 1. The Kier molecular flexibility index (Phi) is 4.25. The van der Waals surface area contributed by atoms with Crippen molar-refractivity contribution in [3.05, 3.63) is 75.0 Å². The van der Waals surface area contributed by atoms with Gasteiger partial charge in [0.15, 0.2) is 18.9 Å². The summed E-state index contributed by atoms with van der Waals surface area (Å²) in [5, 5.41) is 12.6. The molecule has 1 aromatic heterocycles. The topological polar surface area (TPSA) is 56.2 Å². The van der Waals surface area contributed by atoms with Crippen molar-refractivity contribution >= 4 is 32.4 Å². The van der Waals surface area contributed by atoms with Crippen LogP contribution < -0.4 is 9.30 Å². The van der Waals surface area contributed by atoms with E-state index < -0.39 is 0 Å². The fourth-order valence-corrected chi connectivity index (χ4v) is 2.88. The van der Waals surface area contributed by atoms with Crippen molar-refractivity contribution in [3.8, 4) is 5.75 Å². The van der Waals surface area contributed by atoms with Crippen molar-refractivity contribution in [1.29, 1.82) is 0 Å². The van der Waals surface area contributed by atoms with Gasteiger partial charge in [0.1, 0.15) is 5.75 Å². The predicted octanol–water partition coefficient (Wildman–Crippen LogP) is 3.85. The summed E-state index contributed by atoms with van der Waals surface area (Å²) in [5.74, 6) is 0.792. The van der Waals surface area contributed by atoms with Gasteiger partial charge in [-0.3, -0.25) is 10.1 Å². The maximum atomic E-state index is 11.1. The first-order chi connectivity index (χ1) is 11.1. The molecule has 0 radical (unpaired) electrons. The minimum absolute atomic E-state index is 0.122. The van der Waals surface area contributed by atoms with E-state index in [9.17, 15) is 10.1 Å². The number of nitro benzene ring substituents is 1. The van der Waals surface area contributed by atoms with E-state index in [-0.39, 0.29) is 10.6 Å². The molecule has 0 amide bonds. The zero-order valence-electron chi connectivity index (χ0n) is 12.4. The molecule has 0 aliphatic heterocycles. The fraction of sp³-hybridized carbons (Fsp3) is 0.118. The van der Waals surface area contributed by atoms with Crippen LogP contribution >= 0.6 is 15.9 Å². The largest absolute Gasteiger partial charge is 0.497 e. The molecule has 0 saturated carbocycles. The van der Waals surface area contributed by atoms with Gasteiger partial charge >= 0.3 is 0 Å². The van der Waals surface area contributed by atoms with Crippen LogP contribution in [0.4, 0.5) is 5.69 Å². The van der Waals surface area contributed by atoms with Gasteiger partial charge in [0, 0.05) is 22.2 Å². The third-order valence-corrected chi connectivity index (χ3v) is 4.43. The Bertz CT molecular complexity index is 896. The molecular formula is C17H14BrN2O3+. The lowest BCUT2D eigenvalue weighted by atomic mass is 10.1. The first kappa shape index (κ1) is 15.4. The Labute approximate surface area is 141 Å². The average molecular weight is 374 g/mol. The van der Waals surface area contributed by atoms with Crippen molar-refractivity contribution in [2.45, 2.75) is 6.54 Å². The minimum atomic E-state index is -0.356. The van der Waals surface area contributed by atoms with Gasteiger partial charge in [-0.25, -0.2) is 4.57 Å². The zero-order valence-corrected chi connectivity index (χ0v) is 14.0. The first-order valence-corrected chi connectivity index (χ1v) is 7.76.